The van der Waals surface area contributed by atoms with Gasteiger partial charge in [-0.05, 0) is 19.1 Å². The van der Waals surface area contributed by atoms with Gasteiger partial charge in [-0.15, -0.1) is 0 Å². The molecule has 0 radical (unpaired) electrons. The molecule has 0 saturated heterocycles. The van der Waals surface area contributed by atoms with Gasteiger partial charge in [0.05, 0.1) is 16.3 Å². The molecule has 0 atom stereocenters. The van der Waals surface area contributed by atoms with Gasteiger partial charge in [-0.1, -0.05) is 0 Å². The Bertz CT molecular complexity index is 652. The highest BCUT2D eigenvalue weighted by Gasteiger charge is 2.06. The molecule has 0 fully saturated rings. The first kappa shape index (κ1) is 11.8. The van der Waals surface area contributed by atoms with Crippen LogP contribution < -0.4 is 5.63 Å². The van der Waals surface area contributed by atoms with Gasteiger partial charge in [-0.25, -0.2) is 9.95 Å². The zero-order valence-corrected chi connectivity index (χ0v) is 9.41. The first-order valence-corrected chi connectivity index (χ1v) is 5.04. The number of aromatic amines is 1. The van der Waals surface area contributed by atoms with E-state index in [1.165, 1.54) is 30.5 Å². The molecule has 0 aliphatic carbocycles. The molecule has 0 aliphatic rings. The summed E-state index contributed by atoms with van der Waals surface area (Å²) in [5, 5.41) is 12.9. The van der Waals surface area contributed by atoms with Crippen molar-refractivity contribution in [3.05, 3.63) is 56.1 Å². The monoisotopic (exact) mass is 247 g/mol. The second-order valence-corrected chi connectivity index (χ2v) is 3.56. The van der Waals surface area contributed by atoms with Crippen LogP contribution in [0.3, 0.4) is 0 Å². The highest BCUT2D eigenvalue weighted by atomic mass is 16.6. The highest BCUT2D eigenvalue weighted by Crippen LogP contribution is 2.17. The van der Waals surface area contributed by atoms with Crippen LogP contribution in [0.25, 0.3) is 0 Å². The zero-order valence-electron chi connectivity index (χ0n) is 9.41. The van der Waals surface area contributed by atoms with Gasteiger partial charge in [0.15, 0.2) is 0 Å². The van der Waals surface area contributed by atoms with Gasteiger partial charge in [-0.2, -0.15) is 0 Å². The lowest BCUT2D eigenvalue weighted by Gasteiger charge is -1.93. The average Bonchev–Trinajstić information content (AvgIpc) is 2.67. The molecule has 1 aromatic carbocycles. The largest absolute Gasteiger partial charge is 0.366 e. The maximum absolute atomic E-state index is 11.2. The van der Waals surface area contributed by atoms with Gasteiger partial charge in [0, 0.05) is 18.3 Å². The van der Waals surface area contributed by atoms with Crippen LogP contribution in [0, 0.1) is 17.0 Å². The maximum Gasteiger partial charge on any atom is 0.366 e. The van der Waals surface area contributed by atoms with E-state index in [1.807, 2.05) is 0 Å². The number of nitro groups is 1. The van der Waals surface area contributed by atoms with Crippen molar-refractivity contribution < 1.29 is 9.45 Å². The van der Waals surface area contributed by atoms with Gasteiger partial charge >= 0.3 is 5.63 Å². The first-order valence-electron chi connectivity index (χ1n) is 5.04. The van der Waals surface area contributed by atoms with Crippen LogP contribution in [0.2, 0.25) is 0 Å². The van der Waals surface area contributed by atoms with E-state index in [9.17, 15) is 14.9 Å². The number of benzene rings is 1. The minimum atomic E-state index is -0.502. The molecule has 2 rings (SSSR count). The van der Waals surface area contributed by atoms with Crippen molar-refractivity contribution in [3.8, 4) is 0 Å². The second kappa shape index (κ2) is 4.66. The topological polar surface area (TPSA) is 102 Å². The molecule has 18 heavy (non-hydrogen) atoms. The number of nitrogens with one attached hydrogen (secondary N) is 1. The molecule has 7 nitrogen and oxygen atoms in total. The Labute approximate surface area is 101 Å². The SMILES string of the molecule is Cc1[nH]oc(=O)c1C=Nc1ccc([N+](=O)[O-])cc1. The molecule has 92 valence electrons. The van der Waals surface area contributed by atoms with Crippen molar-refractivity contribution in [3.63, 3.8) is 0 Å². The molecular formula is C11H9N3O4. The summed E-state index contributed by atoms with van der Waals surface area (Å²) in [7, 11) is 0. The fourth-order valence-electron chi connectivity index (χ4n) is 1.33. The number of H-pyrrole nitrogens is 1. The summed E-state index contributed by atoms with van der Waals surface area (Å²) in [5.41, 5.74) is 0.907. The molecule has 0 unspecified atom stereocenters. The predicted octanol–water partition coefficient (Wildman–Crippen LogP) is 1.94. The van der Waals surface area contributed by atoms with Crippen molar-refractivity contribution in [2.45, 2.75) is 6.92 Å². The predicted molar refractivity (Wildman–Crippen MR) is 64.4 cm³/mol. The van der Waals surface area contributed by atoms with Gasteiger partial charge in [-0.3, -0.25) is 15.1 Å². The van der Waals surface area contributed by atoms with Gasteiger partial charge in [0.2, 0.25) is 0 Å². The smallest absolute Gasteiger partial charge is 0.338 e. The fraction of sp³-hybridized carbons (Fsp3) is 0.0909. The van der Waals surface area contributed by atoms with Crippen LogP contribution in [0.5, 0.6) is 0 Å². The summed E-state index contributed by atoms with van der Waals surface area (Å²) in [6.07, 6.45) is 1.36. The molecule has 7 heteroatoms. The normalized spacial score (nSPS) is 10.9. The number of nitrogens with zero attached hydrogens (tertiary/aromatic N) is 2. The summed E-state index contributed by atoms with van der Waals surface area (Å²) in [6.45, 7) is 1.68. The Kier molecular flexibility index (Phi) is 3.05. The van der Waals surface area contributed by atoms with E-state index in [-0.39, 0.29) is 5.69 Å². The molecule has 0 saturated carbocycles. The third-order valence-corrected chi connectivity index (χ3v) is 2.32. The summed E-state index contributed by atoms with van der Waals surface area (Å²) >= 11 is 0. The average molecular weight is 247 g/mol. The molecule has 1 aromatic heterocycles. The zero-order chi connectivity index (χ0) is 13.1. The molecule has 0 aliphatic heterocycles. The second-order valence-electron chi connectivity index (χ2n) is 3.56. The van der Waals surface area contributed by atoms with E-state index in [0.717, 1.165) is 0 Å². The lowest BCUT2D eigenvalue weighted by molar-refractivity contribution is -0.384. The lowest BCUT2D eigenvalue weighted by atomic mass is 10.2. The Morgan fingerprint density at radius 3 is 2.56 bits per heavy atom. The summed E-state index contributed by atoms with van der Waals surface area (Å²) < 4.78 is 4.57. The van der Waals surface area contributed by atoms with Crippen molar-refractivity contribution in [2.24, 2.45) is 4.99 Å². The number of rotatable bonds is 3. The number of aliphatic imine (C=N–C) groups is 1. The fourth-order valence-corrected chi connectivity index (χ4v) is 1.33. The van der Waals surface area contributed by atoms with E-state index in [0.29, 0.717) is 16.9 Å². The third-order valence-electron chi connectivity index (χ3n) is 2.32. The molecule has 1 N–H and O–H groups in total. The van der Waals surface area contributed by atoms with Crippen molar-refractivity contribution in [2.75, 3.05) is 0 Å². The number of hydrogen-bond donors (Lipinski definition) is 1. The Hall–Kier alpha value is -2.70. The minimum absolute atomic E-state index is 0.00807. The number of non-ortho nitro benzene ring substituents is 1. The molecule has 0 bridgehead atoms. The molecular weight excluding hydrogens is 238 g/mol. The van der Waals surface area contributed by atoms with E-state index >= 15 is 0 Å². The minimum Gasteiger partial charge on any atom is -0.338 e. The number of nitro benzene ring substituents is 1. The maximum atomic E-state index is 11.2. The van der Waals surface area contributed by atoms with Gasteiger partial charge in [0.1, 0.15) is 5.56 Å². The molecule has 1 heterocycles. The molecule has 2 aromatic rings. The van der Waals surface area contributed by atoms with E-state index < -0.39 is 10.5 Å². The summed E-state index contributed by atoms with van der Waals surface area (Å²) in [6, 6.07) is 5.69. The van der Waals surface area contributed by atoms with E-state index in [2.05, 4.69) is 14.7 Å². The quantitative estimate of drug-likeness (QED) is 0.508. The molecule has 0 amide bonds. The standard InChI is InChI=1S/C11H9N3O4/c1-7-10(11(15)18-13-7)6-12-8-2-4-9(5-3-8)14(16)17/h2-6,13H,1H3. The van der Waals surface area contributed by atoms with E-state index in [1.54, 1.807) is 6.92 Å². The van der Waals surface area contributed by atoms with Crippen LogP contribution in [-0.4, -0.2) is 16.3 Å². The summed E-state index contributed by atoms with van der Waals surface area (Å²) in [5.74, 6) is 0. The Morgan fingerprint density at radius 2 is 2.06 bits per heavy atom. The van der Waals surface area contributed by atoms with Crippen molar-refractivity contribution in [1.29, 1.82) is 0 Å². The van der Waals surface area contributed by atoms with Gasteiger partial charge in [0.25, 0.3) is 5.69 Å². The Morgan fingerprint density at radius 1 is 1.39 bits per heavy atom. The third kappa shape index (κ3) is 2.34. The highest BCUT2D eigenvalue weighted by molar-refractivity contribution is 5.82. The van der Waals surface area contributed by atoms with Crippen LogP contribution in [0.1, 0.15) is 11.3 Å². The molecule has 0 spiro atoms. The Balaban J connectivity index is 2.24. The number of aryl methyl sites for hydroxylation is 1. The van der Waals surface area contributed by atoms with E-state index in [4.69, 9.17) is 0 Å². The number of aromatic nitrogens is 1. The van der Waals surface area contributed by atoms with Crippen LogP contribution in [0.4, 0.5) is 11.4 Å². The summed E-state index contributed by atoms with van der Waals surface area (Å²) in [4.78, 5) is 25.2. The van der Waals surface area contributed by atoms with Gasteiger partial charge < -0.3 is 4.52 Å². The van der Waals surface area contributed by atoms with Crippen LogP contribution in [-0.2, 0) is 0 Å². The van der Waals surface area contributed by atoms with Crippen molar-refractivity contribution >= 4 is 17.6 Å². The van der Waals surface area contributed by atoms with Crippen LogP contribution >= 0.6 is 0 Å². The first-order chi connectivity index (χ1) is 8.58. The lowest BCUT2D eigenvalue weighted by Crippen LogP contribution is -2.00. The van der Waals surface area contributed by atoms with Crippen molar-refractivity contribution in [1.82, 2.24) is 5.16 Å². The van der Waals surface area contributed by atoms with Crippen LogP contribution in [0.15, 0.2) is 38.6 Å². The number of hydrogen-bond acceptors (Lipinski definition) is 5.